The summed E-state index contributed by atoms with van der Waals surface area (Å²) in [5, 5.41) is 15.5. The number of carboxylic acid groups (broad SMARTS) is 1. The van der Waals surface area contributed by atoms with Gasteiger partial charge in [0.2, 0.25) is 0 Å². The molecule has 0 saturated heterocycles. The highest BCUT2D eigenvalue weighted by Crippen LogP contribution is 2.08. The third kappa shape index (κ3) is 4.54. The van der Waals surface area contributed by atoms with Crippen molar-refractivity contribution in [3.8, 4) is 0 Å². The van der Waals surface area contributed by atoms with Crippen LogP contribution in [0.2, 0.25) is 0 Å². The first-order chi connectivity index (χ1) is 6.49. The third-order valence-corrected chi connectivity index (χ3v) is 1.91. The zero-order valence-corrected chi connectivity index (χ0v) is 8.25. The number of rotatable bonds is 7. The van der Waals surface area contributed by atoms with Crippen molar-refractivity contribution >= 4 is 17.5 Å². The van der Waals surface area contributed by atoms with Crippen LogP contribution in [0.25, 0.3) is 0 Å². The summed E-state index contributed by atoms with van der Waals surface area (Å²) in [4.78, 5) is 21.6. The number of carbonyl (C=O) groups is 2. The average Bonchev–Trinajstić information content (AvgIpc) is 2.13. The van der Waals surface area contributed by atoms with Gasteiger partial charge in [-0.1, -0.05) is 13.0 Å². The number of nitrogens with one attached hydrogen (secondary N) is 1. The number of aliphatic carboxylic acids is 1. The Bertz CT molecular complexity index is 258. The fourth-order valence-corrected chi connectivity index (χ4v) is 0.998. The number of ketones is 1. The summed E-state index contributed by atoms with van der Waals surface area (Å²) in [6.45, 7) is 5.13. The van der Waals surface area contributed by atoms with Gasteiger partial charge in [0.15, 0.2) is 0 Å². The van der Waals surface area contributed by atoms with Crippen LogP contribution in [0, 0.1) is 11.3 Å². The lowest BCUT2D eigenvalue weighted by atomic mass is 9.96. The van der Waals surface area contributed by atoms with Gasteiger partial charge in [0.25, 0.3) is 0 Å². The Balaban J connectivity index is 4.00. The quantitative estimate of drug-likeness (QED) is 0.481. The molecule has 0 aliphatic rings. The minimum absolute atomic E-state index is 0.00527. The number of allylic oxidation sites excluding steroid dienone is 1. The first-order valence-electron chi connectivity index (χ1n) is 4.43. The van der Waals surface area contributed by atoms with Crippen LogP contribution in [0.5, 0.6) is 0 Å². The van der Waals surface area contributed by atoms with Crippen molar-refractivity contribution < 1.29 is 14.7 Å². The maximum atomic E-state index is 11.3. The largest absolute Gasteiger partial charge is 0.477 e. The van der Waals surface area contributed by atoms with Gasteiger partial charge in [-0.05, 0) is 6.42 Å². The summed E-state index contributed by atoms with van der Waals surface area (Å²) in [5.74, 6) is -1.66. The summed E-state index contributed by atoms with van der Waals surface area (Å²) < 4.78 is 0. The molecule has 0 aliphatic heterocycles. The van der Waals surface area contributed by atoms with Crippen LogP contribution in [0.1, 0.15) is 26.2 Å². The molecular weight excluding hydrogens is 182 g/mol. The molecule has 78 valence electrons. The van der Waals surface area contributed by atoms with Gasteiger partial charge < -0.3 is 5.11 Å². The molecule has 0 saturated carbocycles. The van der Waals surface area contributed by atoms with Crippen molar-refractivity contribution in [2.24, 2.45) is 5.92 Å². The van der Waals surface area contributed by atoms with E-state index in [4.69, 9.17) is 10.5 Å². The average molecular weight is 197 g/mol. The molecule has 0 amide bonds. The molecular formula is C10H15NO3. The highest BCUT2D eigenvalue weighted by atomic mass is 16.4. The first-order valence-corrected chi connectivity index (χ1v) is 4.43. The van der Waals surface area contributed by atoms with Crippen LogP contribution in [0.3, 0.4) is 0 Å². The van der Waals surface area contributed by atoms with Crippen LogP contribution in [0.4, 0.5) is 0 Å². The highest BCUT2D eigenvalue weighted by molar-refractivity contribution is 6.34. The minimum Gasteiger partial charge on any atom is -0.477 e. The highest BCUT2D eigenvalue weighted by Gasteiger charge is 2.17. The summed E-state index contributed by atoms with van der Waals surface area (Å²) in [5.41, 5.74) is -0.413. The minimum atomic E-state index is -1.26. The Labute approximate surface area is 83.1 Å². The van der Waals surface area contributed by atoms with E-state index in [0.717, 1.165) is 0 Å². The van der Waals surface area contributed by atoms with Gasteiger partial charge in [0, 0.05) is 18.8 Å². The lowest BCUT2D eigenvalue weighted by Gasteiger charge is -2.07. The lowest BCUT2D eigenvalue weighted by Crippen LogP contribution is -2.20. The molecule has 0 unspecified atom stereocenters. The van der Waals surface area contributed by atoms with Crippen LogP contribution in [-0.4, -0.2) is 22.6 Å². The van der Waals surface area contributed by atoms with Crippen molar-refractivity contribution in [2.75, 3.05) is 0 Å². The maximum absolute atomic E-state index is 11.3. The third-order valence-electron chi connectivity index (χ3n) is 1.91. The molecule has 0 fully saturated rings. The van der Waals surface area contributed by atoms with Gasteiger partial charge in [0.1, 0.15) is 11.5 Å². The molecule has 0 aromatic carbocycles. The summed E-state index contributed by atoms with van der Waals surface area (Å²) in [6, 6.07) is 0. The lowest BCUT2D eigenvalue weighted by molar-refractivity contribution is -0.129. The Kier molecular flexibility index (Phi) is 5.44. The van der Waals surface area contributed by atoms with E-state index in [1.807, 2.05) is 0 Å². The molecule has 1 atom stereocenters. The molecule has 0 aromatic heterocycles. The Morgan fingerprint density at radius 3 is 2.57 bits per heavy atom. The normalized spacial score (nSPS) is 11.8. The summed E-state index contributed by atoms with van der Waals surface area (Å²) in [6.07, 6.45) is 2.62. The summed E-state index contributed by atoms with van der Waals surface area (Å²) >= 11 is 0. The van der Waals surface area contributed by atoms with Crippen molar-refractivity contribution in [3.63, 3.8) is 0 Å². The van der Waals surface area contributed by atoms with E-state index in [-0.39, 0.29) is 12.2 Å². The Hall–Kier alpha value is -1.45. The fraction of sp³-hybridized carbons (Fsp3) is 0.500. The van der Waals surface area contributed by atoms with Crippen LogP contribution in [-0.2, 0) is 9.59 Å². The molecule has 0 aliphatic carbocycles. The van der Waals surface area contributed by atoms with E-state index < -0.39 is 17.6 Å². The predicted octanol–water partition coefficient (Wildman–Crippen LogP) is 1.65. The zero-order chi connectivity index (χ0) is 11.1. The van der Waals surface area contributed by atoms with Crippen molar-refractivity contribution in [3.05, 3.63) is 12.7 Å². The second-order valence-electron chi connectivity index (χ2n) is 3.18. The molecule has 4 nitrogen and oxygen atoms in total. The number of Topliss-reactive ketones (excluding diaryl/α,β-unsaturated/α-hetero) is 1. The second kappa shape index (κ2) is 6.07. The van der Waals surface area contributed by atoms with Crippen LogP contribution in [0.15, 0.2) is 12.7 Å². The van der Waals surface area contributed by atoms with Gasteiger partial charge in [0.05, 0.1) is 0 Å². The maximum Gasteiger partial charge on any atom is 0.349 e. The van der Waals surface area contributed by atoms with E-state index in [1.165, 1.54) is 0 Å². The molecule has 4 heteroatoms. The van der Waals surface area contributed by atoms with E-state index in [9.17, 15) is 9.59 Å². The Morgan fingerprint density at radius 2 is 2.14 bits per heavy atom. The van der Waals surface area contributed by atoms with Crippen molar-refractivity contribution in [1.29, 1.82) is 5.41 Å². The number of carboxylic acids is 1. The smallest absolute Gasteiger partial charge is 0.349 e. The SMILES string of the molecule is C=CCCC(=O)[C@H](C)CC(=N)C(=O)O. The van der Waals surface area contributed by atoms with Crippen LogP contribution >= 0.6 is 0 Å². The topological polar surface area (TPSA) is 78.2 Å². The number of carbonyl (C=O) groups excluding carboxylic acids is 1. The Morgan fingerprint density at radius 1 is 1.57 bits per heavy atom. The molecule has 0 heterocycles. The molecule has 0 rings (SSSR count). The van der Waals surface area contributed by atoms with Gasteiger partial charge in [-0.15, -0.1) is 6.58 Å². The molecule has 0 radical (unpaired) electrons. The van der Waals surface area contributed by atoms with Crippen molar-refractivity contribution in [1.82, 2.24) is 0 Å². The monoisotopic (exact) mass is 197 g/mol. The van der Waals surface area contributed by atoms with E-state index in [2.05, 4.69) is 6.58 Å². The molecule has 14 heavy (non-hydrogen) atoms. The molecule has 2 N–H and O–H groups in total. The summed E-state index contributed by atoms with van der Waals surface area (Å²) in [7, 11) is 0. The molecule has 0 aromatic rings. The van der Waals surface area contributed by atoms with Gasteiger partial charge >= 0.3 is 5.97 Å². The van der Waals surface area contributed by atoms with Crippen LogP contribution < -0.4 is 0 Å². The van der Waals surface area contributed by atoms with Gasteiger partial charge in [-0.25, -0.2) is 4.79 Å². The second-order valence-corrected chi connectivity index (χ2v) is 3.18. The zero-order valence-electron chi connectivity index (χ0n) is 8.25. The van der Waals surface area contributed by atoms with Crippen molar-refractivity contribution in [2.45, 2.75) is 26.2 Å². The molecule has 0 spiro atoms. The predicted molar refractivity (Wildman–Crippen MR) is 53.6 cm³/mol. The van der Waals surface area contributed by atoms with E-state index in [1.54, 1.807) is 13.0 Å². The van der Waals surface area contributed by atoms with Gasteiger partial charge in [-0.2, -0.15) is 0 Å². The van der Waals surface area contributed by atoms with E-state index >= 15 is 0 Å². The fourth-order valence-electron chi connectivity index (χ4n) is 0.998. The van der Waals surface area contributed by atoms with Gasteiger partial charge in [-0.3, -0.25) is 10.2 Å². The van der Waals surface area contributed by atoms with E-state index in [0.29, 0.717) is 12.8 Å². The standard InChI is InChI=1S/C10H15NO3/c1-3-4-5-9(12)7(2)6-8(11)10(13)14/h3,7,11H,1,4-6H2,2H3,(H,13,14)/t7-/m1/s1. The first kappa shape index (κ1) is 12.6. The number of hydrogen-bond donors (Lipinski definition) is 2. The molecule has 0 bridgehead atoms. The number of hydrogen-bond acceptors (Lipinski definition) is 3.